The van der Waals surface area contributed by atoms with E-state index in [1.54, 1.807) is 6.20 Å². The van der Waals surface area contributed by atoms with Crippen molar-refractivity contribution in [3.63, 3.8) is 0 Å². The summed E-state index contributed by atoms with van der Waals surface area (Å²) in [6.45, 7) is 2.55. The first kappa shape index (κ1) is 15.2. The maximum Gasteiger partial charge on any atom is 0.272 e. The number of rotatable bonds is 4. The highest BCUT2D eigenvalue weighted by Gasteiger charge is 2.12. The van der Waals surface area contributed by atoms with Crippen LogP contribution in [-0.4, -0.2) is 22.5 Å². The van der Waals surface area contributed by atoms with Crippen LogP contribution in [0.25, 0.3) is 21.8 Å². The Morgan fingerprint density at radius 2 is 1.92 bits per heavy atom. The van der Waals surface area contributed by atoms with Crippen molar-refractivity contribution in [3.05, 3.63) is 66.5 Å². The summed E-state index contributed by atoms with van der Waals surface area (Å²) in [5.41, 5.74) is 2.95. The topological polar surface area (TPSA) is 67.0 Å². The van der Waals surface area contributed by atoms with Crippen LogP contribution in [0, 0.1) is 0 Å². The monoisotopic (exact) mass is 331 g/mol. The summed E-state index contributed by atoms with van der Waals surface area (Å²) in [4.78, 5) is 20.1. The molecule has 0 aliphatic rings. The zero-order valence-electron chi connectivity index (χ0n) is 13.7. The largest absolute Gasteiger partial charge is 0.494 e. The third-order valence-corrected chi connectivity index (χ3v) is 4.03. The van der Waals surface area contributed by atoms with E-state index in [1.165, 1.54) is 0 Å². The lowest BCUT2D eigenvalue weighted by molar-refractivity contribution is 0.102. The van der Waals surface area contributed by atoms with Crippen molar-refractivity contribution in [3.8, 4) is 5.75 Å². The second-order valence-corrected chi connectivity index (χ2v) is 5.70. The van der Waals surface area contributed by atoms with Crippen molar-refractivity contribution in [2.24, 2.45) is 0 Å². The van der Waals surface area contributed by atoms with Crippen molar-refractivity contribution in [1.29, 1.82) is 0 Å². The van der Waals surface area contributed by atoms with Crippen molar-refractivity contribution in [1.82, 2.24) is 9.97 Å². The molecule has 2 N–H and O–H groups in total. The molecule has 0 spiro atoms. The third kappa shape index (κ3) is 2.92. The number of carbonyl (C=O) groups excluding carboxylic acids is 1. The number of amides is 1. The van der Waals surface area contributed by atoms with Crippen LogP contribution >= 0.6 is 0 Å². The van der Waals surface area contributed by atoms with Crippen molar-refractivity contribution in [2.75, 3.05) is 11.9 Å². The van der Waals surface area contributed by atoms with Gasteiger partial charge in [0.25, 0.3) is 5.91 Å². The Balaban J connectivity index is 1.62. The summed E-state index contributed by atoms with van der Waals surface area (Å²) < 4.78 is 5.41. The molecule has 2 aromatic heterocycles. The van der Waals surface area contributed by atoms with Gasteiger partial charge in [-0.3, -0.25) is 9.78 Å². The summed E-state index contributed by atoms with van der Waals surface area (Å²) in [5.74, 6) is 0.591. The number of hydrogen-bond acceptors (Lipinski definition) is 3. The van der Waals surface area contributed by atoms with Gasteiger partial charge in [0.05, 0.1) is 17.6 Å². The second-order valence-electron chi connectivity index (χ2n) is 5.70. The molecule has 1 amide bonds. The van der Waals surface area contributed by atoms with E-state index in [-0.39, 0.29) is 5.91 Å². The predicted molar refractivity (Wildman–Crippen MR) is 99.2 cm³/mol. The fraction of sp³-hybridized carbons (Fsp3) is 0.100. The Bertz CT molecular complexity index is 1050. The van der Waals surface area contributed by atoms with E-state index in [9.17, 15) is 4.79 Å². The van der Waals surface area contributed by atoms with Crippen molar-refractivity contribution in [2.45, 2.75) is 6.92 Å². The van der Waals surface area contributed by atoms with Crippen LogP contribution in [0.3, 0.4) is 0 Å². The molecular formula is C20H17N3O2. The van der Waals surface area contributed by atoms with Gasteiger partial charge in [0.2, 0.25) is 0 Å². The smallest absolute Gasteiger partial charge is 0.272 e. The van der Waals surface area contributed by atoms with Gasteiger partial charge in [-0.2, -0.15) is 0 Å². The lowest BCUT2D eigenvalue weighted by atomic mass is 10.1. The lowest BCUT2D eigenvalue weighted by Crippen LogP contribution is -2.12. The fourth-order valence-electron chi connectivity index (χ4n) is 2.86. The van der Waals surface area contributed by atoms with Crippen LogP contribution in [-0.2, 0) is 0 Å². The molecule has 4 aromatic rings. The van der Waals surface area contributed by atoms with E-state index >= 15 is 0 Å². The molecule has 0 atom stereocenters. The first-order valence-corrected chi connectivity index (χ1v) is 8.15. The highest BCUT2D eigenvalue weighted by Crippen LogP contribution is 2.24. The molecule has 2 heterocycles. The van der Waals surface area contributed by atoms with Crippen LogP contribution in [0.1, 0.15) is 17.4 Å². The molecule has 0 saturated carbocycles. The molecule has 0 aliphatic heterocycles. The molecular weight excluding hydrogens is 314 g/mol. The summed E-state index contributed by atoms with van der Waals surface area (Å²) in [6, 6.07) is 17.1. The number of aromatic nitrogens is 2. The fourth-order valence-corrected chi connectivity index (χ4v) is 2.86. The molecule has 2 aromatic carbocycles. The average Bonchev–Trinajstić information content (AvgIpc) is 3.08. The standard InChI is InChI=1S/C20H17N3O2/c1-2-25-16-9-7-15(8-10-16)22-20(24)17-12-14-6-5-13-4-3-11-21-18(13)19(14)23-17/h3-12,23H,2H2,1H3,(H,22,24). The Labute approximate surface area is 144 Å². The quantitative estimate of drug-likeness (QED) is 0.583. The number of anilines is 1. The van der Waals surface area contributed by atoms with E-state index in [1.807, 2.05) is 61.5 Å². The Hall–Kier alpha value is -3.34. The molecule has 5 nitrogen and oxygen atoms in total. The first-order chi connectivity index (χ1) is 12.2. The molecule has 0 fully saturated rings. The molecule has 0 aliphatic carbocycles. The highest BCUT2D eigenvalue weighted by molar-refractivity contribution is 6.10. The normalized spacial score (nSPS) is 10.9. The third-order valence-electron chi connectivity index (χ3n) is 4.03. The zero-order chi connectivity index (χ0) is 17.2. The van der Waals surface area contributed by atoms with Gasteiger partial charge >= 0.3 is 0 Å². The van der Waals surface area contributed by atoms with Crippen LogP contribution in [0.5, 0.6) is 5.75 Å². The summed E-state index contributed by atoms with van der Waals surface area (Å²) in [7, 11) is 0. The molecule has 0 bridgehead atoms. The van der Waals surface area contributed by atoms with Gasteiger partial charge < -0.3 is 15.0 Å². The molecule has 0 unspecified atom stereocenters. The van der Waals surface area contributed by atoms with E-state index in [2.05, 4.69) is 15.3 Å². The number of nitrogens with zero attached hydrogens (tertiary/aromatic N) is 1. The Kier molecular flexibility index (Phi) is 3.82. The van der Waals surface area contributed by atoms with E-state index in [0.717, 1.165) is 33.2 Å². The van der Waals surface area contributed by atoms with Gasteiger partial charge in [0.15, 0.2) is 0 Å². The second kappa shape index (κ2) is 6.28. The van der Waals surface area contributed by atoms with Gasteiger partial charge in [0, 0.05) is 22.7 Å². The Morgan fingerprint density at radius 1 is 1.12 bits per heavy atom. The number of H-pyrrole nitrogens is 1. The maximum absolute atomic E-state index is 12.5. The first-order valence-electron chi connectivity index (χ1n) is 8.15. The van der Waals surface area contributed by atoms with Crippen molar-refractivity contribution < 1.29 is 9.53 Å². The number of hydrogen-bond donors (Lipinski definition) is 2. The minimum Gasteiger partial charge on any atom is -0.494 e. The summed E-state index contributed by atoms with van der Waals surface area (Å²) in [5, 5.41) is 4.89. The van der Waals surface area contributed by atoms with Gasteiger partial charge in [-0.1, -0.05) is 18.2 Å². The minimum atomic E-state index is -0.190. The molecule has 0 saturated heterocycles. The molecule has 4 rings (SSSR count). The number of nitrogens with one attached hydrogen (secondary N) is 2. The van der Waals surface area contributed by atoms with Crippen LogP contribution in [0.2, 0.25) is 0 Å². The van der Waals surface area contributed by atoms with E-state index < -0.39 is 0 Å². The van der Waals surface area contributed by atoms with Gasteiger partial charge in [-0.05, 0) is 43.3 Å². The molecule has 0 radical (unpaired) electrons. The van der Waals surface area contributed by atoms with Crippen molar-refractivity contribution >= 4 is 33.4 Å². The number of pyridine rings is 1. The number of fused-ring (bicyclic) bond motifs is 3. The highest BCUT2D eigenvalue weighted by atomic mass is 16.5. The van der Waals surface area contributed by atoms with Crippen LogP contribution < -0.4 is 10.1 Å². The van der Waals surface area contributed by atoms with Gasteiger partial charge in [-0.15, -0.1) is 0 Å². The molecule has 25 heavy (non-hydrogen) atoms. The SMILES string of the molecule is CCOc1ccc(NC(=O)c2cc3ccc4cccnc4c3[nH]2)cc1. The van der Waals surface area contributed by atoms with Gasteiger partial charge in [0.1, 0.15) is 11.4 Å². The average molecular weight is 331 g/mol. The number of carbonyl (C=O) groups is 1. The molecule has 124 valence electrons. The minimum absolute atomic E-state index is 0.190. The number of ether oxygens (including phenoxy) is 1. The number of benzene rings is 2. The predicted octanol–water partition coefficient (Wildman–Crippen LogP) is 4.37. The number of aromatic amines is 1. The molecule has 5 heteroatoms. The van der Waals surface area contributed by atoms with Crippen LogP contribution in [0.4, 0.5) is 5.69 Å². The lowest BCUT2D eigenvalue weighted by Gasteiger charge is -2.06. The van der Waals surface area contributed by atoms with E-state index in [4.69, 9.17) is 4.74 Å². The zero-order valence-corrected chi connectivity index (χ0v) is 13.7. The summed E-state index contributed by atoms with van der Waals surface area (Å²) >= 11 is 0. The van der Waals surface area contributed by atoms with Gasteiger partial charge in [-0.25, -0.2) is 0 Å². The van der Waals surface area contributed by atoms with E-state index in [0.29, 0.717) is 12.3 Å². The summed E-state index contributed by atoms with van der Waals surface area (Å²) in [6.07, 6.45) is 1.75. The Morgan fingerprint density at radius 3 is 2.72 bits per heavy atom. The maximum atomic E-state index is 12.5. The van der Waals surface area contributed by atoms with Crippen LogP contribution in [0.15, 0.2) is 60.8 Å².